The van der Waals surface area contributed by atoms with E-state index in [1.54, 1.807) is 36.5 Å². The molecule has 136 valence electrons. The van der Waals surface area contributed by atoms with Crippen LogP contribution >= 0.6 is 11.3 Å². The Balaban J connectivity index is 1.73. The number of benzene rings is 1. The highest BCUT2D eigenvalue weighted by Gasteiger charge is 2.14. The van der Waals surface area contributed by atoms with E-state index in [4.69, 9.17) is 0 Å². The van der Waals surface area contributed by atoms with E-state index < -0.39 is 10.0 Å². The van der Waals surface area contributed by atoms with Crippen molar-refractivity contribution in [3.63, 3.8) is 0 Å². The third-order valence-electron chi connectivity index (χ3n) is 3.42. The molecule has 2 heterocycles. The summed E-state index contributed by atoms with van der Waals surface area (Å²) in [5.41, 5.74) is 1.90. The van der Waals surface area contributed by atoms with E-state index in [0.29, 0.717) is 16.3 Å². The van der Waals surface area contributed by atoms with E-state index >= 15 is 0 Å². The molecule has 2 N–H and O–H groups in total. The van der Waals surface area contributed by atoms with Gasteiger partial charge in [0.15, 0.2) is 0 Å². The molecule has 1 aromatic carbocycles. The van der Waals surface area contributed by atoms with Crippen molar-refractivity contribution >= 4 is 38.4 Å². The summed E-state index contributed by atoms with van der Waals surface area (Å²) in [4.78, 5) is 8.33. The topological polar surface area (TPSA) is 108 Å². The van der Waals surface area contributed by atoms with Gasteiger partial charge in [0.05, 0.1) is 4.90 Å². The van der Waals surface area contributed by atoms with Gasteiger partial charge in [-0.3, -0.25) is 4.72 Å². The van der Waals surface area contributed by atoms with Crippen LogP contribution in [0.4, 0.5) is 11.5 Å². The summed E-state index contributed by atoms with van der Waals surface area (Å²) in [6.07, 6.45) is 3.06. The molecule has 27 heavy (non-hydrogen) atoms. The van der Waals surface area contributed by atoms with Gasteiger partial charge in [-0.2, -0.15) is 5.26 Å². The van der Waals surface area contributed by atoms with E-state index in [0.717, 1.165) is 5.69 Å². The van der Waals surface area contributed by atoms with Crippen LogP contribution in [0.25, 0.3) is 5.57 Å². The number of thiazole rings is 1. The monoisotopic (exact) mass is 397 g/mol. The van der Waals surface area contributed by atoms with Gasteiger partial charge in [-0.05, 0) is 43.3 Å². The Bertz CT molecular complexity index is 1100. The minimum atomic E-state index is -3.72. The highest BCUT2D eigenvalue weighted by Crippen LogP contribution is 2.20. The molecule has 0 bridgehead atoms. The first-order valence-electron chi connectivity index (χ1n) is 7.81. The molecule has 0 radical (unpaired) electrons. The fraction of sp³-hybridized carbons (Fsp3) is 0.0556. The molecule has 9 heteroatoms. The Hall–Kier alpha value is -3.22. The van der Waals surface area contributed by atoms with Gasteiger partial charge in [0.25, 0.3) is 10.0 Å². The van der Waals surface area contributed by atoms with Crippen LogP contribution in [0.2, 0.25) is 0 Å². The molecule has 0 atom stereocenters. The molecular formula is C18H15N5O2S2. The molecule has 0 aliphatic heterocycles. The number of sulfonamides is 1. The third kappa shape index (κ3) is 4.69. The van der Waals surface area contributed by atoms with E-state index in [1.807, 2.05) is 12.3 Å². The Labute approximate surface area is 161 Å². The first-order chi connectivity index (χ1) is 13.0. The average molecular weight is 397 g/mol. The zero-order chi connectivity index (χ0) is 19.3. The van der Waals surface area contributed by atoms with Gasteiger partial charge < -0.3 is 5.32 Å². The van der Waals surface area contributed by atoms with Crippen molar-refractivity contribution in [2.75, 3.05) is 10.0 Å². The number of hydrogen-bond acceptors (Lipinski definition) is 7. The molecule has 3 rings (SSSR count). The Morgan fingerprint density at radius 1 is 1.22 bits per heavy atom. The largest absolute Gasteiger partial charge is 0.360 e. The van der Waals surface area contributed by atoms with Crippen LogP contribution in [0.3, 0.4) is 0 Å². The van der Waals surface area contributed by atoms with Crippen molar-refractivity contribution in [1.82, 2.24) is 9.97 Å². The van der Waals surface area contributed by atoms with E-state index in [9.17, 15) is 13.7 Å². The lowest BCUT2D eigenvalue weighted by Gasteiger charge is -2.08. The number of pyridine rings is 1. The molecule has 0 fully saturated rings. The maximum absolute atomic E-state index is 12.4. The van der Waals surface area contributed by atoms with Crippen LogP contribution in [0.1, 0.15) is 10.7 Å². The summed E-state index contributed by atoms with van der Waals surface area (Å²) in [6.45, 7) is 1.86. The number of aromatic nitrogens is 2. The number of nitrogens with one attached hydrogen (secondary N) is 2. The van der Waals surface area contributed by atoms with Gasteiger partial charge >= 0.3 is 0 Å². The van der Waals surface area contributed by atoms with Crippen LogP contribution in [-0.2, 0) is 10.0 Å². The van der Waals surface area contributed by atoms with E-state index in [1.165, 1.54) is 29.7 Å². The average Bonchev–Trinajstić information content (AvgIpc) is 3.09. The fourth-order valence-corrected chi connectivity index (χ4v) is 3.90. The highest BCUT2D eigenvalue weighted by atomic mass is 32.2. The van der Waals surface area contributed by atoms with Gasteiger partial charge in [0.2, 0.25) is 0 Å². The second-order valence-electron chi connectivity index (χ2n) is 5.45. The van der Waals surface area contributed by atoms with Crippen molar-refractivity contribution in [3.8, 4) is 6.07 Å². The second-order valence-corrected chi connectivity index (χ2v) is 7.99. The minimum absolute atomic E-state index is 0.110. The molecule has 0 saturated heterocycles. The van der Waals surface area contributed by atoms with Crippen LogP contribution in [0, 0.1) is 18.3 Å². The molecular weight excluding hydrogens is 382 g/mol. The molecule has 3 aromatic rings. The predicted octanol–water partition coefficient (Wildman–Crippen LogP) is 3.62. The number of nitriles is 1. The molecule has 0 saturated carbocycles. The van der Waals surface area contributed by atoms with Crippen molar-refractivity contribution in [2.24, 2.45) is 0 Å². The van der Waals surface area contributed by atoms with Gasteiger partial charge in [0.1, 0.15) is 22.5 Å². The van der Waals surface area contributed by atoms with Gasteiger partial charge in [-0.25, -0.2) is 18.4 Å². The van der Waals surface area contributed by atoms with E-state index in [2.05, 4.69) is 26.1 Å². The van der Waals surface area contributed by atoms with Crippen LogP contribution in [0.5, 0.6) is 0 Å². The number of nitrogens with zero attached hydrogens (tertiary/aromatic N) is 3. The summed E-state index contributed by atoms with van der Waals surface area (Å²) >= 11 is 1.39. The highest BCUT2D eigenvalue weighted by molar-refractivity contribution is 7.92. The maximum Gasteiger partial charge on any atom is 0.263 e. The quantitative estimate of drug-likeness (QED) is 0.615. The minimum Gasteiger partial charge on any atom is -0.360 e. The van der Waals surface area contributed by atoms with E-state index in [-0.39, 0.29) is 10.7 Å². The molecule has 0 spiro atoms. The number of rotatable bonds is 6. The lowest BCUT2D eigenvalue weighted by atomic mass is 10.3. The first-order valence-corrected chi connectivity index (χ1v) is 10.2. The van der Waals surface area contributed by atoms with Gasteiger partial charge in [-0.15, -0.1) is 11.3 Å². The SMILES string of the molecule is Cc1csc(/C(C#N)=C/Nc2ccc(S(=O)(=O)Nc3ccccn3)cc2)n1. The number of hydrogen-bond donors (Lipinski definition) is 2. The van der Waals surface area contributed by atoms with Gasteiger partial charge in [0, 0.05) is 29.2 Å². The summed E-state index contributed by atoms with van der Waals surface area (Å²) in [7, 11) is -3.72. The fourth-order valence-electron chi connectivity index (χ4n) is 2.13. The van der Waals surface area contributed by atoms with Gasteiger partial charge in [-0.1, -0.05) is 6.07 Å². The van der Waals surface area contributed by atoms with Crippen LogP contribution < -0.4 is 10.0 Å². The predicted molar refractivity (Wildman–Crippen MR) is 106 cm³/mol. The Morgan fingerprint density at radius 2 is 2.00 bits per heavy atom. The van der Waals surface area contributed by atoms with Crippen molar-refractivity contribution in [3.05, 3.63) is 70.9 Å². The zero-order valence-corrected chi connectivity index (χ0v) is 15.9. The first kappa shape index (κ1) is 18.6. The Morgan fingerprint density at radius 3 is 2.59 bits per heavy atom. The molecule has 0 unspecified atom stereocenters. The Kier molecular flexibility index (Phi) is 5.49. The summed E-state index contributed by atoms with van der Waals surface area (Å²) in [6, 6.07) is 13.2. The maximum atomic E-state index is 12.4. The molecule has 0 aliphatic carbocycles. The van der Waals surface area contributed by atoms with Crippen LogP contribution in [-0.4, -0.2) is 18.4 Å². The number of anilines is 2. The molecule has 0 amide bonds. The molecule has 0 aliphatic rings. The standard InChI is InChI=1S/C18H15N5O2S2/c1-13-12-26-18(22-13)14(10-19)11-21-15-5-7-16(8-6-15)27(24,25)23-17-4-2-3-9-20-17/h2-9,11-12,21H,1H3,(H,20,23)/b14-11+. The van der Waals surface area contributed by atoms with Crippen molar-refractivity contribution in [2.45, 2.75) is 11.8 Å². The summed E-state index contributed by atoms with van der Waals surface area (Å²) in [5, 5.41) is 14.8. The normalized spacial score (nSPS) is 11.6. The third-order valence-corrected chi connectivity index (χ3v) is 5.79. The molecule has 2 aromatic heterocycles. The van der Waals surface area contributed by atoms with Crippen molar-refractivity contribution < 1.29 is 8.42 Å². The lowest BCUT2D eigenvalue weighted by Crippen LogP contribution is -2.13. The number of allylic oxidation sites excluding steroid dienone is 1. The molecule has 7 nitrogen and oxygen atoms in total. The van der Waals surface area contributed by atoms with Crippen molar-refractivity contribution in [1.29, 1.82) is 5.26 Å². The lowest BCUT2D eigenvalue weighted by molar-refractivity contribution is 0.601. The zero-order valence-electron chi connectivity index (χ0n) is 14.2. The van der Waals surface area contributed by atoms with Crippen LogP contribution in [0.15, 0.2) is 65.1 Å². The number of aryl methyl sites for hydroxylation is 1. The summed E-state index contributed by atoms with van der Waals surface area (Å²) < 4.78 is 27.2. The smallest absolute Gasteiger partial charge is 0.263 e. The summed E-state index contributed by atoms with van der Waals surface area (Å²) in [5.74, 6) is 0.250. The second kappa shape index (κ2) is 7.99.